The van der Waals surface area contributed by atoms with Crippen LogP contribution >= 0.6 is 12.4 Å². The number of fused-ring (bicyclic) bond motifs is 1. The van der Waals surface area contributed by atoms with Crippen molar-refractivity contribution in [1.82, 2.24) is 4.90 Å². The summed E-state index contributed by atoms with van der Waals surface area (Å²) in [6.07, 6.45) is 2.14. The molecule has 1 aromatic rings. The van der Waals surface area contributed by atoms with Crippen molar-refractivity contribution in [2.45, 2.75) is 45.3 Å². The molecule has 1 N–H and O–H groups in total. The van der Waals surface area contributed by atoms with Crippen molar-refractivity contribution >= 4 is 24.0 Å². The van der Waals surface area contributed by atoms with Crippen LogP contribution in [0.15, 0.2) is 18.2 Å². The summed E-state index contributed by atoms with van der Waals surface area (Å²) >= 11 is 0. The Labute approximate surface area is 138 Å². The summed E-state index contributed by atoms with van der Waals surface area (Å²) in [5, 5.41) is 3.39. The zero-order valence-corrected chi connectivity index (χ0v) is 14.3. The molecule has 1 aromatic carbocycles. The first-order valence-corrected chi connectivity index (χ1v) is 7.79. The molecule has 2 heterocycles. The lowest BCUT2D eigenvalue weighted by atomic mass is 9.96. The van der Waals surface area contributed by atoms with Gasteiger partial charge in [-0.3, -0.25) is 4.79 Å². The number of morpholine rings is 1. The zero-order chi connectivity index (χ0) is 15.0. The number of hydrogen-bond donors (Lipinski definition) is 1. The number of ether oxygens (including phenoxy) is 1. The molecule has 122 valence electrons. The number of carbonyl (C=O) groups is 1. The van der Waals surface area contributed by atoms with Crippen LogP contribution in [0.25, 0.3) is 0 Å². The molecule has 4 nitrogen and oxygen atoms in total. The monoisotopic (exact) mass is 324 g/mol. The fourth-order valence-corrected chi connectivity index (χ4v) is 3.49. The fourth-order valence-electron chi connectivity index (χ4n) is 3.49. The molecule has 1 amide bonds. The molecule has 1 fully saturated rings. The Hall–Kier alpha value is -1.26. The van der Waals surface area contributed by atoms with Gasteiger partial charge in [0.05, 0.1) is 11.7 Å². The molecule has 22 heavy (non-hydrogen) atoms. The number of nitrogens with one attached hydrogen (secondary N) is 1. The minimum absolute atomic E-state index is 0. The van der Waals surface area contributed by atoms with Gasteiger partial charge in [-0.25, -0.2) is 0 Å². The molecule has 2 aliphatic heterocycles. The number of rotatable bonds is 1. The second-order valence-corrected chi connectivity index (χ2v) is 6.74. The first kappa shape index (κ1) is 17.1. The number of nitrogens with zero attached hydrogens (tertiary/aromatic N) is 1. The van der Waals surface area contributed by atoms with Crippen LogP contribution in [0.1, 0.15) is 43.1 Å². The molecule has 0 aliphatic carbocycles. The molecule has 2 aliphatic rings. The van der Waals surface area contributed by atoms with Crippen LogP contribution in [-0.4, -0.2) is 42.1 Å². The summed E-state index contributed by atoms with van der Waals surface area (Å²) in [7, 11) is 0. The van der Waals surface area contributed by atoms with Gasteiger partial charge in [0.1, 0.15) is 0 Å². The maximum Gasteiger partial charge on any atom is 0.254 e. The van der Waals surface area contributed by atoms with E-state index in [2.05, 4.69) is 11.4 Å². The van der Waals surface area contributed by atoms with E-state index in [-0.39, 0.29) is 30.0 Å². The maximum absolute atomic E-state index is 12.9. The van der Waals surface area contributed by atoms with E-state index in [0.29, 0.717) is 13.1 Å². The Bertz CT molecular complexity index is 560. The summed E-state index contributed by atoms with van der Waals surface area (Å²) < 4.78 is 5.90. The largest absolute Gasteiger partial charge is 0.385 e. The summed E-state index contributed by atoms with van der Waals surface area (Å²) in [6, 6.07) is 6.00. The lowest BCUT2D eigenvalue weighted by Gasteiger charge is -2.42. The molecule has 0 aromatic heterocycles. The predicted molar refractivity (Wildman–Crippen MR) is 91.0 cm³/mol. The van der Waals surface area contributed by atoms with E-state index >= 15 is 0 Å². The second-order valence-electron chi connectivity index (χ2n) is 6.74. The van der Waals surface area contributed by atoms with Crippen molar-refractivity contribution in [3.8, 4) is 0 Å². The van der Waals surface area contributed by atoms with Crippen LogP contribution in [0, 0.1) is 0 Å². The van der Waals surface area contributed by atoms with E-state index in [1.165, 1.54) is 5.56 Å². The number of hydrogen-bond acceptors (Lipinski definition) is 3. The molecular weight excluding hydrogens is 300 g/mol. The Morgan fingerprint density at radius 3 is 2.91 bits per heavy atom. The molecule has 1 atom stereocenters. The average Bonchev–Trinajstić information content (AvgIpc) is 2.44. The molecule has 1 saturated heterocycles. The number of anilines is 1. The van der Waals surface area contributed by atoms with Gasteiger partial charge in [-0.2, -0.15) is 0 Å². The zero-order valence-electron chi connectivity index (χ0n) is 13.5. The Kier molecular flexibility index (Phi) is 5.03. The minimum Gasteiger partial charge on any atom is -0.385 e. The Morgan fingerprint density at radius 2 is 2.18 bits per heavy atom. The van der Waals surface area contributed by atoms with Crippen molar-refractivity contribution in [2.75, 3.05) is 25.0 Å². The highest BCUT2D eigenvalue weighted by atomic mass is 35.5. The van der Waals surface area contributed by atoms with Crippen molar-refractivity contribution < 1.29 is 9.53 Å². The molecule has 0 spiro atoms. The third-order valence-corrected chi connectivity index (χ3v) is 4.18. The molecule has 0 saturated carbocycles. The highest BCUT2D eigenvalue weighted by molar-refractivity contribution is 5.97. The normalized spacial score (nSPS) is 23.0. The lowest BCUT2D eigenvalue weighted by Crippen LogP contribution is -2.53. The van der Waals surface area contributed by atoms with Crippen molar-refractivity contribution in [3.05, 3.63) is 29.3 Å². The van der Waals surface area contributed by atoms with Gasteiger partial charge in [-0.05, 0) is 51.3 Å². The number of carbonyl (C=O) groups excluding carboxylic acids is 1. The first-order valence-electron chi connectivity index (χ1n) is 7.79. The Morgan fingerprint density at radius 1 is 1.41 bits per heavy atom. The number of benzene rings is 1. The number of amides is 1. The van der Waals surface area contributed by atoms with E-state index in [9.17, 15) is 4.79 Å². The SMILES string of the molecule is CC1CN(C(=O)c2cccc3c2CCCN3)CC(C)(C)O1.Cl. The predicted octanol–water partition coefficient (Wildman–Crippen LogP) is 3.11. The maximum atomic E-state index is 12.9. The van der Waals surface area contributed by atoms with Crippen LogP contribution in [-0.2, 0) is 11.2 Å². The van der Waals surface area contributed by atoms with Crippen molar-refractivity contribution in [1.29, 1.82) is 0 Å². The molecule has 0 radical (unpaired) electrons. The van der Waals surface area contributed by atoms with Crippen LogP contribution in [0.5, 0.6) is 0 Å². The van der Waals surface area contributed by atoms with E-state index in [1.807, 2.05) is 37.8 Å². The average molecular weight is 325 g/mol. The van der Waals surface area contributed by atoms with Gasteiger partial charge in [-0.1, -0.05) is 6.07 Å². The van der Waals surface area contributed by atoms with Gasteiger partial charge >= 0.3 is 0 Å². The minimum atomic E-state index is -0.277. The third-order valence-electron chi connectivity index (χ3n) is 4.18. The summed E-state index contributed by atoms with van der Waals surface area (Å²) in [6.45, 7) is 8.43. The van der Waals surface area contributed by atoms with E-state index in [1.54, 1.807) is 0 Å². The molecule has 1 unspecified atom stereocenters. The van der Waals surface area contributed by atoms with Crippen molar-refractivity contribution in [3.63, 3.8) is 0 Å². The van der Waals surface area contributed by atoms with Crippen molar-refractivity contribution in [2.24, 2.45) is 0 Å². The lowest BCUT2D eigenvalue weighted by molar-refractivity contribution is -0.118. The smallest absolute Gasteiger partial charge is 0.254 e. The van der Waals surface area contributed by atoms with E-state index in [4.69, 9.17) is 4.74 Å². The molecule has 0 bridgehead atoms. The molecule has 3 rings (SSSR count). The van der Waals surface area contributed by atoms with E-state index < -0.39 is 0 Å². The summed E-state index contributed by atoms with van der Waals surface area (Å²) in [5.41, 5.74) is 2.86. The molecule has 5 heteroatoms. The highest BCUT2D eigenvalue weighted by Crippen LogP contribution is 2.28. The van der Waals surface area contributed by atoms with Gasteiger partial charge in [0.2, 0.25) is 0 Å². The topological polar surface area (TPSA) is 41.6 Å². The first-order chi connectivity index (χ1) is 9.96. The fraction of sp³-hybridized carbons (Fsp3) is 0.588. The highest BCUT2D eigenvalue weighted by Gasteiger charge is 2.34. The van der Waals surface area contributed by atoms with Gasteiger partial charge in [0.25, 0.3) is 5.91 Å². The van der Waals surface area contributed by atoms with Gasteiger partial charge < -0.3 is 15.0 Å². The van der Waals surface area contributed by atoms with Crippen LogP contribution < -0.4 is 5.32 Å². The Balaban J connectivity index is 0.00000176. The van der Waals surface area contributed by atoms with Gasteiger partial charge in [0.15, 0.2) is 0 Å². The van der Waals surface area contributed by atoms with E-state index in [0.717, 1.165) is 30.6 Å². The van der Waals surface area contributed by atoms with Crippen LogP contribution in [0.3, 0.4) is 0 Å². The summed E-state index contributed by atoms with van der Waals surface area (Å²) in [5.74, 6) is 0.138. The second kappa shape index (κ2) is 6.47. The van der Waals surface area contributed by atoms with Gasteiger partial charge in [-0.15, -0.1) is 12.4 Å². The third kappa shape index (κ3) is 3.39. The quantitative estimate of drug-likeness (QED) is 0.863. The standard InChI is InChI=1S/C17H24N2O2.ClH/c1-12-10-19(11-17(2,3)21-12)16(20)14-6-4-8-15-13(14)7-5-9-18-15;/h4,6,8,12,18H,5,7,9-11H2,1-3H3;1H. The van der Waals surface area contributed by atoms with Gasteiger partial charge in [0, 0.05) is 30.9 Å². The molecular formula is C17H25ClN2O2. The van der Waals surface area contributed by atoms with Crippen LogP contribution in [0.4, 0.5) is 5.69 Å². The summed E-state index contributed by atoms with van der Waals surface area (Å²) in [4.78, 5) is 14.9. The van der Waals surface area contributed by atoms with Crippen LogP contribution in [0.2, 0.25) is 0 Å². The number of halogens is 1.